The van der Waals surface area contributed by atoms with Gasteiger partial charge in [0.1, 0.15) is 24.1 Å². The molecule has 0 N–H and O–H groups in total. The van der Waals surface area contributed by atoms with Crippen LogP contribution in [0.5, 0.6) is 11.5 Å². The standard InChI is InChI=1S/C23H24N2O5/c1-15(25-21(26)18-9-3-4-10-19(18)22(25)27)23(28)29-14-16-7-2-5-11-20(16)30-17-8-6-12-24-13-17/h2,5-8,11-13,15,18-19H,3-4,9-10,14H2,1H3/t15-,18?,19?/m0/s1. The van der Waals surface area contributed by atoms with Crippen LogP contribution in [0.15, 0.2) is 48.8 Å². The van der Waals surface area contributed by atoms with Crippen LogP contribution in [-0.4, -0.2) is 33.7 Å². The van der Waals surface area contributed by atoms with E-state index < -0.39 is 12.0 Å². The predicted octanol–water partition coefficient (Wildman–Crippen LogP) is 3.48. The number of para-hydroxylation sites is 1. The number of nitrogens with zero attached hydrogens (tertiary/aromatic N) is 2. The van der Waals surface area contributed by atoms with Gasteiger partial charge in [0.2, 0.25) is 11.8 Å². The molecule has 156 valence electrons. The van der Waals surface area contributed by atoms with Gasteiger partial charge in [-0.2, -0.15) is 0 Å². The van der Waals surface area contributed by atoms with Crippen molar-refractivity contribution < 1.29 is 23.9 Å². The Kier molecular flexibility index (Phi) is 5.79. The maximum absolute atomic E-state index is 12.7. The summed E-state index contributed by atoms with van der Waals surface area (Å²) in [5.74, 6) is -0.536. The Morgan fingerprint density at radius 1 is 1.10 bits per heavy atom. The van der Waals surface area contributed by atoms with Gasteiger partial charge in [-0.1, -0.05) is 31.0 Å². The largest absolute Gasteiger partial charge is 0.459 e. The normalized spacial score (nSPS) is 21.8. The molecule has 1 aromatic carbocycles. The highest BCUT2D eigenvalue weighted by Crippen LogP contribution is 2.39. The van der Waals surface area contributed by atoms with Gasteiger partial charge in [-0.3, -0.25) is 19.5 Å². The molecule has 1 saturated carbocycles. The molecule has 1 saturated heterocycles. The number of carbonyl (C=O) groups excluding carboxylic acids is 3. The number of ether oxygens (including phenoxy) is 2. The van der Waals surface area contributed by atoms with Gasteiger partial charge in [-0.25, -0.2) is 4.79 Å². The van der Waals surface area contributed by atoms with Crippen molar-refractivity contribution in [3.63, 3.8) is 0 Å². The van der Waals surface area contributed by atoms with Crippen LogP contribution in [0.3, 0.4) is 0 Å². The molecule has 7 nitrogen and oxygen atoms in total. The summed E-state index contributed by atoms with van der Waals surface area (Å²) in [4.78, 5) is 43.2. The van der Waals surface area contributed by atoms with Gasteiger partial charge in [0.15, 0.2) is 0 Å². The number of amides is 2. The topological polar surface area (TPSA) is 85.8 Å². The highest BCUT2D eigenvalue weighted by atomic mass is 16.5. The molecule has 3 atom stereocenters. The van der Waals surface area contributed by atoms with E-state index in [1.807, 2.05) is 12.1 Å². The Balaban J connectivity index is 1.41. The van der Waals surface area contributed by atoms with Crippen LogP contribution in [0, 0.1) is 11.8 Å². The van der Waals surface area contributed by atoms with Gasteiger partial charge in [0, 0.05) is 11.8 Å². The maximum Gasteiger partial charge on any atom is 0.329 e. The van der Waals surface area contributed by atoms with Crippen molar-refractivity contribution in [2.75, 3.05) is 0 Å². The first-order chi connectivity index (χ1) is 14.6. The summed E-state index contributed by atoms with van der Waals surface area (Å²) in [5, 5.41) is 0. The first kappa shape index (κ1) is 20.1. The van der Waals surface area contributed by atoms with Gasteiger partial charge in [-0.05, 0) is 38.0 Å². The molecule has 1 aromatic heterocycles. The quantitative estimate of drug-likeness (QED) is 0.537. The minimum Gasteiger partial charge on any atom is -0.459 e. The molecule has 2 fully saturated rings. The molecule has 2 aliphatic rings. The monoisotopic (exact) mass is 408 g/mol. The van der Waals surface area contributed by atoms with Crippen molar-refractivity contribution in [3.8, 4) is 11.5 Å². The minimum absolute atomic E-state index is 0.0251. The Bertz CT molecular complexity index is 922. The minimum atomic E-state index is -0.943. The predicted molar refractivity (Wildman–Crippen MR) is 107 cm³/mol. The fourth-order valence-electron chi connectivity index (χ4n) is 4.20. The summed E-state index contributed by atoms with van der Waals surface area (Å²) < 4.78 is 11.3. The molecule has 7 heteroatoms. The van der Waals surface area contributed by atoms with E-state index in [1.165, 1.54) is 0 Å². The Labute approximate surface area is 175 Å². The van der Waals surface area contributed by atoms with Crippen molar-refractivity contribution in [2.24, 2.45) is 11.8 Å². The van der Waals surface area contributed by atoms with Crippen molar-refractivity contribution in [1.29, 1.82) is 0 Å². The summed E-state index contributed by atoms with van der Waals surface area (Å²) in [6.45, 7) is 1.52. The second-order valence-corrected chi connectivity index (χ2v) is 7.73. The molecule has 0 bridgehead atoms. The van der Waals surface area contributed by atoms with Crippen LogP contribution in [0.2, 0.25) is 0 Å². The zero-order valence-corrected chi connectivity index (χ0v) is 16.8. The molecule has 1 aliphatic heterocycles. The van der Waals surface area contributed by atoms with E-state index in [-0.39, 0.29) is 30.3 Å². The van der Waals surface area contributed by atoms with Gasteiger partial charge >= 0.3 is 5.97 Å². The van der Waals surface area contributed by atoms with Crippen molar-refractivity contribution in [1.82, 2.24) is 9.88 Å². The molecule has 0 radical (unpaired) electrons. The van der Waals surface area contributed by atoms with Crippen molar-refractivity contribution in [2.45, 2.75) is 45.3 Å². The fourth-order valence-corrected chi connectivity index (χ4v) is 4.20. The van der Waals surface area contributed by atoms with Crippen molar-refractivity contribution in [3.05, 3.63) is 54.4 Å². The van der Waals surface area contributed by atoms with Gasteiger partial charge in [-0.15, -0.1) is 0 Å². The number of fused-ring (bicyclic) bond motifs is 1. The van der Waals surface area contributed by atoms with E-state index in [0.717, 1.165) is 17.7 Å². The number of pyridine rings is 1. The third-order valence-electron chi connectivity index (χ3n) is 5.81. The number of imide groups is 1. The lowest BCUT2D eigenvalue weighted by Crippen LogP contribution is -2.44. The molecule has 0 spiro atoms. The zero-order chi connectivity index (χ0) is 21.1. The lowest BCUT2D eigenvalue weighted by Gasteiger charge is -2.22. The number of benzene rings is 1. The van der Waals surface area contributed by atoms with E-state index in [2.05, 4.69) is 4.98 Å². The molecule has 2 heterocycles. The average molecular weight is 408 g/mol. The molecule has 2 unspecified atom stereocenters. The van der Waals surface area contributed by atoms with E-state index >= 15 is 0 Å². The highest BCUT2D eigenvalue weighted by Gasteiger charge is 2.51. The molecule has 2 aromatic rings. The third-order valence-corrected chi connectivity index (χ3v) is 5.81. The van der Waals surface area contributed by atoms with Crippen LogP contribution in [0.1, 0.15) is 38.2 Å². The fraction of sp³-hybridized carbons (Fsp3) is 0.391. The number of likely N-dealkylation sites (tertiary alicyclic amines) is 1. The Hall–Kier alpha value is -3.22. The summed E-state index contributed by atoms with van der Waals surface area (Å²) in [5.41, 5.74) is 0.676. The Morgan fingerprint density at radius 2 is 1.80 bits per heavy atom. The summed E-state index contributed by atoms with van der Waals surface area (Å²) in [6, 6.07) is 9.82. The molecule has 1 aliphatic carbocycles. The number of rotatable bonds is 6. The number of aromatic nitrogens is 1. The van der Waals surface area contributed by atoms with E-state index in [1.54, 1.807) is 43.6 Å². The first-order valence-corrected chi connectivity index (χ1v) is 10.3. The second kappa shape index (κ2) is 8.65. The molecule has 4 rings (SSSR count). The lowest BCUT2D eigenvalue weighted by atomic mass is 9.81. The lowest BCUT2D eigenvalue weighted by molar-refractivity contribution is -0.159. The van der Waals surface area contributed by atoms with Crippen molar-refractivity contribution >= 4 is 17.8 Å². The number of esters is 1. The van der Waals surface area contributed by atoms with Crippen LogP contribution in [0.4, 0.5) is 0 Å². The van der Waals surface area contributed by atoms with Crippen LogP contribution in [-0.2, 0) is 25.7 Å². The van der Waals surface area contributed by atoms with Crippen LogP contribution < -0.4 is 4.74 Å². The molecular weight excluding hydrogens is 384 g/mol. The van der Waals surface area contributed by atoms with E-state index in [9.17, 15) is 14.4 Å². The van der Waals surface area contributed by atoms with Gasteiger partial charge < -0.3 is 9.47 Å². The highest BCUT2D eigenvalue weighted by molar-refractivity contribution is 6.07. The number of carbonyl (C=O) groups is 3. The van der Waals surface area contributed by atoms with Gasteiger partial charge in [0.05, 0.1) is 18.0 Å². The smallest absolute Gasteiger partial charge is 0.329 e. The maximum atomic E-state index is 12.7. The summed E-state index contributed by atoms with van der Waals surface area (Å²) in [7, 11) is 0. The second-order valence-electron chi connectivity index (χ2n) is 7.73. The third kappa shape index (κ3) is 3.92. The summed E-state index contributed by atoms with van der Waals surface area (Å²) >= 11 is 0. The average Bonchev–Trinajstić information content (AvgIpc) is 3.03. The van der Waals surface area contributed by atoms with E-state index in [0.29, 0.717) is 29.9 Å². The molecule has 30 heavy (non-hydrogen) atoms. The van der Waals surface area contributed by atoms with Crippen LogP contribution >= 0.6 is 0 Å². The molecule has 2 amide bonds. The van der Waals surface area contributed by atoms with E-state index in [4.69, 9.17) is 9.47 Å². The van der Waals surface area contributed by atoms with Gasteiger partial charge in [0.25, 0.3) is 0 Å². The SMILES string of the molecule is C[C@@H](C(=O)OCc1ccccc1Oc1cccnc1)N1C(=O)C2CCCCC2C1=O. The molecular formula is C23H24N2O5. The zero-order valence-electron chi connectivity index (χ0n) is 16.8. The summed E-state index contributed by atoms with van der Waals surface area (Å²) in [6.07, 6.45) is 6.56. The Morgan fingerprint density at radius 3 is 2.47 bits per heavy atom. The van der Waals surface area contributed by atoms with Crippen LogP contribution in [0.25, 0.3) is 0 Å². The number of hydrogen-bond acceptors (Lipinski definition) is 6. The first-order valence-electron chi connectivity index (χ1n) is 10.3. The number of hydrogen-bond donors (Lipinski definition) is 0.